The predicted octanol–water partition coefficient (Wildman–Crippen LogP) is 5.12. The van der Waals surface area contributed by atoms with E-state index in [0.717, 1.165) is 25.7 Å². The molecule has 3 rings (SSSR count). The summed E-state index contributed by atoms with van der Waals surface area (Å²) in [6, 6.07) is 10.6. The Morgan fingerprint density at radius 2 is 1.72 bits per heavy atom. The zero-order valence-electron chi connectivity index (χ0n) is 15.6. The van der Waals surface area contributed by atoms with E-state index in [1.54, 1.807) is 24.3 Å². The molecule has 0 bridgehead atoms. The van der Waals surface area contributed by atoms with Crippen molar-refractivity contribution in [3.63, 3.8) is 0 Å². The lowest BCUT2D eigenvalue weighted by molar-refractivity contribution is -0.124. The number of carbonyl (C=O) groups excluding carboxylic acids is 2. The molecule has 0 radical (unpaired) electrons. The summed E-state index contributed by atoms with van der Waals surface area (Å²) in [5.74, 6) is -0.999. The largest absolute Gasteiger partial charge is 0.332 e. The van der Waals surface area contributed by atoms with E-state index >= 15 is 0 Å². The Hall–Kier alpha value is -2.51. The maximum atomic E-state index is 13.2. The van der Waals surface area contributed by atoms with E-state index in [1.807, 2.05) is 0 Å². The molecule has 0 spiro atoms. The molecule has 2 amide bonds. The molecule has 1 aliphatic carbocycles. The Morgan fingerprint density at radius 1 is 1.00 bits per heavy atom. The first-order chi connectivity index (χ1) is 13.9. The van der Waals surface area contributed by atoms with E-state index in [9.17, 15) is 14.0 Å². The second-order valence-electron chi connectivity index (χ2n) is 6.94. The Labute approximate surface area is 179 Å². The summed E-state index contributed by atoms with van der Waals surface area (Å²) < 4.78 is 13.2. The van der Waals surface area contributed by atoms with Crippen molar-refractivity contribution in [2.45, 2.75) is 32.1 Å². The van der Waals surface area contributed by atoms with Crippen molar-refractivity contribution in [2.24, 2.45) is 5.92 Å². The molecule has 8 heteroatoms. The zero-order chi connectivity index (χ0) is 20.8. The molecule has 1 saturated carbocycles. The van der Waals surface area contributed by atoms with Crippen LogP contribution in [0, 0.1) is 11.7 Å². The van der Waals surface area contributed by atoms with Gasteiger partial charge in [-0.1, -0.05) is 36.9 Å². The fraction of sp³-hybridized carbons (Fsp3) is 0.286. The second kappa shape index (κ2) is 9.80. The molecule has 2 aromatic rings. The van der Waals surface area contributed by atoms with E-state index in [-0.39, 0.29) is 27.9 Å². The van der Waals surface area contributed by atoms with Gasteiger partial charge in [-0.25, -0.2) is 4.39 Å². The predicted molar refractivity (Wildman–Crippen MR) is 117 cm³/mol. The number of hydrogen-bond acceptors (Lipinski definition) is 3. The normalized spacial score (nSPS) is 14.1. The lowest BCUT2D eigenvalue weighted by Crippen LogP contribution is -2.39. The van der Waals surface area contributed by atoms with Gasteiger partial charge in [0.2, 0.25) is 5.91 Å². The molecule has 3 N–H and O–H groups in total. The summed E-state index contributed by atoms with van der Waals surface area (Å²) in [7, 11) is 0. The molecule has 2 aromatic carbocycles. The lowest BCUT2D eigenvalue weighted by atomic mass is 9.89. The van der Waals surface area contributed by atoms with Crippen LogP contribution in [0.5, 0.6) is 0 Å². The van der Waals surface area contributed by atoms with E-state index in [4.69, 9.17) is 23.8 Å². The maximum Gasteiger partial charge on any atom is 0.255 e. The molecular formula is C21H21ClFN3O2S. The lowest BCUT2D eigenvalue weighted by Gasteiger charge is -2.21. The van der Waals surface area contributed by atoms with Gasteiger partial charge in [-0.2, -0.15) is 0 Å². The molecule has 1 fully saturated rings. The minimum absolute atomic E-state index is 0.00291. The van der Waals surface area contributed by atoms with Crippen LogP contribution in [-0.4, -0.2) is 16.9 Å². The molecule has 5 nitrogen and oxygen atoms in total. The molecule has 0 atom stereocenters. The van der Waals surface area contributed by atoms with E-state index in [1.165, 1.54) is 24.6 Å². The van der Waals surface area contributed by atoms with Crippen LogP contribution >= 0.6 is 23.8 Å². The summed E-state index contributed by atoms with van der Waals surface area (Å²) >= 11 is 11.0. The van der Waals surface area contributed by atoms with Crippen molar-refractivity contribution in [1.82, 2.24) is 5.32 Å². The maximum absolute atomic E-state index is 13.2. The third-order valence-corrected chi connectivity index (χ3v) is 5.27. The highest BCUT2D eigenvalue weighted by Crippen LogP contribution is 2.24. The van der Waals surface area contributed by atoms with Crippen molar-refractivity contribution < 1.29 is 14.0 Å². The summed E-state index contributed by atoms with van der Waals surface area (Å²) in [4.78, 5) is 24.7. The van der Waals surface area contributed by atoms with Gasteiger partial charge in [-0.05, 0) is 61.5 Å². The SMILES string of the molecule is O=C(Nc1ccc(F)c(Cl)c1)c1cccc(NC(=S)NC(=O)C2CCCCC2)c1. The summed E-state index contributed by atoms with van der Waals surface area (Å²) in [5.41, 5.74) is 1.33. The van der Waals surface area contributed by atoms with Gasteiger partial charge in [0.05, 0.1) is 5.02 Å². The number of anilines is 2. The van der Waals surface area contributed by atoms with E-state index in [0.29, 0.717) is 16.9 Å². The first kappa shape index (κ1) is 21.2. The molecule has 0 aliphatic heterocycles. The van der Waals surface area contributed by atoms with Gasteiger partial charge in [0.25, 0.3) is 5.91 Å². The number of benzene rings is 2. The van der Waals surface area contributed by atoms with Crippen LogP contribution in [0.1, 0.15) is 42.5 Å². The summed E-state index contributed by atoms with van der Waals surface area (Å²) in [6.45, 7) is 0. The van der Waals surface area contributed by atoms with Crippen LogP contribution < -0.4 is 16.0 Å². The number of halogens is 2. The first-order valence-corrected chi connectivity index (χ1v) is 10.2. The quantitative estimate of drug-likeness (QED) is 0.585. The summed E-state index contributed by atoms with van der Waals surface area (Å²) in [5, 5.41) is 8.45. The Kier molecular flexibility index (Phi) is 7.17. The van der Waals surface area contributed by atoms with Crippen LogP contribution in [0.3, 0.4) is 0 Å². The Bertz CT molecular complexity index is 932. The Balaban J connectivity index is 1.59. The average Bonchev–Trinajstić information content (AvgIpc) is 2.71. The highest BCUT2D eigenvalue weighted by atomic mass is 35.5. The van der Waals surface area contributed by atoms with Crippen LogP contribution in [0.4, 0.5) is 15.8 Å². The minimum Gasteiger partial charge on any atom is -0.332 e. The van der Waals surface area contributed by atoms with Gasteiger partial charge in [-0.3, -0.25) is 9.59 Å². The van der Waals surface area contributed by atoms with Gasteiger partial charge in [0.15, 0.2) is 5.11 Å². The van der Waals surface area contributed by atoms with Crippen molar-refractivity contribution in [3.05, 3.63) is 58.9 Å². The number of nitrogens with one attached hydrogen (secondary N) is 3. The zero-order valence-corrected chi connectivity index (χ0v) is 17.2. The standard InChI is InChI=1S/C21H21ClFN3O2S/c22-17-12-16(9-10-18(17)23)24-20(28)14-7-4-8-15(11-14)25-21(29)26-19(27)13-5-2-1-3-6-13/h4,7-13H,1-3,5-6H2,(H,24,28)(H2,25,26,27,29). The topological polar surface area (TPSA) is 70.2 Å². The van der Waals surface area contributed by atoms with Crippen molar-refractivity contribution in [3.8, 4) is 0 Å². The molecule has 0 heterocycles. The molecule has 0 unspecified atom stereocenters. The van der Waals surface area contributed by atoms with E-state index in [2.05, 4.69) is 16.0 Å². The van der Waals surface area contributed by atoms with Crippen molar-refractivity contribution in [2.75, 3.05) is 10.6 Å². The van der Waals surface area contributed by atoms with Gasteiger partial charge < -0.3 is 16.0 Å². The van der Waals surface area contributed by atoms with Crippen LogP contribution in [0.15, 0.2) is 42.5 Å². The monoisotopic (exact) mass is 433 g/mol. The van der Waals surface area contributed by atoms with Gasteiger partial charge >= 0.3 is 0 Å². The molecule has 152 valence electrons. The smallest absolute Gasteiger partial charge is 0.255 e. The van der Waals surface area contributed by atoms with Crippen LogP contribution in [0.2, 0.25) is 5.02 Å². The number of rotatable bonds is 4. The first-order valence-electron chi connectivity index (χ1n) is 9.40. The third-order valence-electron chi connectivity index (χ3n) is 4.77. The average molecular weight is 434 g/mol. The highest BCUT2D eigenvalue weighted by molar-refractivity contribution is 7.80. The number of amides is 2. The van der Waals surface area contributed by atoms with E-state index < -0.39 is 5.82 Å². The number of carbonyl (C=O) groups is 2. The number of hydrogen-bond donors (Lipinski definition) is 3. The molecular weight excluding hydrogens is 413 g/mol. The molecule has 0 saturated heterocycles. The molecule has 0 aromatic heterocycles. The highest BCUT2D eigenvalue weighted by Gasteiger charge is 2.21. The number of thiocarbonyl (C=S) groups is 1. The molecule has 29 heavy (non-hydrogen) atoms. The van der Waals surface area contributed by atoms with Gasteiger partial charge in [-0.15, -0.1) is 0 Å². The van der Waals surface area contributed by atoms with Crippen molar-refractivity contribution >= 4 is 52.1 Å². The minimum atomic E-state index is -0.556. The fourth-order valence-electron chi connectivity index (χ4n) is 3.26. The van der Waals surface area contributed by atoms with Gasteiger partial charge in [0, 0.05) is 22.9 Å². The fourth-order valence-corrected chi connectivity index (χ4v) is 3.66. The second-order valence-corrected chi connectivity index (χ2v) is 7.76. The van der Waals surface area contributed by atoms with Crippen LogP contribution in [-0.2, 0) is 4.79 Å². The van der Waals surface area contributed by atoms with Crippen LogP contribution in [0.25, 0.3) is 0 Å². The third kappa shape index (κ3) is 5.98. The van der Waals surface area contributed by atoms with Crippen molar-refractivity contribution in [1.29, 1.82) is 0 Å². The molecule has 1 aliphatic rings. The Morgan fingerprint density at radius 3 is 2.45 bits per heavy atom. The van der Waals surface area contributed by atoms with Gasteiger partial charge in [0.1, 0.15) is 5.82 Å². The summed E-state index contributed by atoms with van der Waals surface area (Å²) in [6.07, 6.45) is 5.07.